The van der Waals surface area contributed by atoms with Gasteiger partial charge in [-0.3, -0.25) is 4.79 Å². The molecule has 0 unspecified atom stereocenters. The highest BCUT2D eigenvalue weighted by atomic mass is 16.5. The topological polar surface area (TPSA) is 62.4 Å². The summed E-state index contributed by atoms with van der Waals surface area (Å²) >= 11 is 0. The number of hydrogen-bond acceptors (Lipinski definition) is 4. The van der Waals surface area contributed by atoms with Gasteiger partial charge in [0.1, 0.15) is 0 Å². The van der Waals surface area contributed by atoms with Crippen molar-refractivity contribution in [1.29, 1.82) is 0 Å². The van der Waals surface area contributed by atoms with E-state index >= 15 is 0 Å². The van der Waals surface area contributed by atoms with Gasteiger partial charge in [0.25, 0.3) is 0 Å². The summed E-state index contributed by atoms with van der Waals surface area (Å²) in [6.07, 6.45) is 0.118. The van der Waals surface area contributed by atoms with Gasteiger partial charge in [-0.05, 0) is 0 Å². The zero-order chi connectivity index (χ0) is 9.97. The highest BCUT2D eigenvalue weighted by Gasteiger charge is 2.32. The highest BCUT2D eigenvalue weighted by molar-refractivity contribution is 5.80. The smallest absolute Gasteiger partial charge is 0.226 e. The Balaban J connectivity index is 1.80. The second kappa shape index (κ2) is 4.25. The lowest BCUT2D eigenvalue weighted by atomic mass is 10.0. The van der Waals surface area contributed by atoms with Crippen molar-refractivity contribution < 1.29 is 9.53 Å². The minimum Gasteiger partial charge on any atom is -0.378 e. The number of carbonyl (C=O) groups is 1. The molecule has 0 saturated carbocycles. The third-order valence-corrected chi connectivity index (χ3v) is 2.94. The molecular formula is C9H17N3O2. The summed E-state index contributed by atoms with van der Waals surface area (Å²) in [4.78, 5) is 11.6. The summed E-state index contributed by atoms with van der Waals surface area (Å²) < 4.78 is 5.26. The van der Waals surface area contributed by atoms with Gasteiger partial charge in [-0.2, -0.15) is 0 Å². The molecule has 2 atom stereocenters. The first-order valence-corrected chi connectivity index (χ1v) is 5.06. The minimum atomic E-state index is 0.118. The van der Waals surface area contributed by atoms with Gasteiger partial charge in [0.05, 0.1) is 18.1 Å². The Morgan fingerprint density at radius 1 is 1.29 bits per heavy atom. The van der Waals surface area contributed by atoms with E-state index in [1.54, 1.807) is 7.11 Å². The van der Waals surface area contributed by atoms with Gasteiger partial charge >= 0.3 is 0 Å². The lowest BCUT2D eigenvalue weighted by molar-refractivity contribution is -0.127. The van der Waals surface area contributed by atoms with Crippen molar-refractivity contribution in [3.05, 3.63) is 0 Å². The van der Waals surface area contributed by atoms with Gasteiger partial charge in [-0.25, -0.2) is 0 Å². The summed E-state index contributed by atoms with van der Waals surface area (Å²) in [7, 11) is 1.68. The molecule has 2 aliphatic rings. The summed E-state index contributed by atoms with van der Waals surface area (Å²) in [6.45, 7) is 3.25. The molecule has 0 aromatic heterocycles. The number of ether oxygens (including phenoxy) is 1. The zero-order valence-electron chi connectivity index (χ0n) is 8.38. The van der Waals surface area contributed by atoms with Crippen LogP contribution in [0.25, 0.3) is 0 Å². The van der Waals surface area contributed by atoms with Gasteiger partial charge in [-0.15, -0.1) is 0 Å². The molecule has 1 amide bonds. The fourth-order valence-corrected chi connectivity index (χ4v) is 1.82. The quantitative estimate of drug-likeness (QED) is 0.507. The van der Waals surface area contributed by atoms with Crippen LogP contribution in [0.2, 0.25) is 0 Å². The summed E-state index contributed by atoms with van der Waals surface area (Å²) in [6, 6.07) is 0.132. The number of nitrogens with one attached hydrogen (secondary N) is 3. The van der Waals surface area contributed by atoms with Crippen LogP contribution in [0.4, 0.5) is 0 Å². The van der Waals surface area contributed by atoms with E-state index in [1.807, 2.05) is 0 Å². The molecule has 2 fully saturated rings. The average Bonchev–Trinajstić information content (AvgIpc) is 2.48. The predicted octanol–water partition coefficient (Wildman–Crippen LogP) is -1.69. The first-order valence-electron chi connectivity index (χ1n) is 5.06. The van der Waals surface area contributed by atoms with E-state index in [4.69, 9.17) is 4.74 Å². The van der Waals surface area contributed by atoms with Crippen LogP contribution in [0.1, 0.15) is 0 Å². The summed E-state index contributed by atoms with van der Waals surface area (Å²) in [5.74, 6) is 0.313. The van der Waals surface area contributed by atoms with Crippen molar-refractivity contribution in [2.24, 2.45) is 5.92 Å². The first-order chi connectivity index (χ1) is 6.81. The standard InChI is InChI=1S/C9H17N3O2/c1-14-8-5-11-4-7(8)12-9(13)6-2-10-3-6/h6-8,10-11H,2-5H2,1H3,(H,12,13)/t7-,8-/m0/s1. The molecule has 2 aliphatic heterocycles. The van der Waals surface area contributed by atoms with Crippen molar-refractivity contribution in [2.45, 2.75) is 12.1 Å². The Hall–Kier alpha value is -0.650. The van der Waals surface area contributed by atoms with E-state index < -0.39 is 0 Å². The van der Waals surface area contributed by atoms with Gasteiger partial charge in [0.15, 0.2) is 0 Å². The molecule has 0 aromatic rings. The molecule has 5 nitrogen and oxygen atoms in total. The molecule has 2 saturated heterocycles. The predicted molar refractivity (Wildman–Crippen MR) is 52.0 cm³/mol. The van der Waals surface area contributed by atoms with E-state index in [1.165, 1.54) is 0 Å². The fourth-order valence-electron chi connectivity index (χ4n) is 1.82. The van der Waals surface area contributed by atoms with Crippen molar-refractivity contribution in [2.75, 3.05) is 33.3 Å². The monoisotopic (exact) mass is 199 g/mol. The van der Waals surface area contributed by atoms with Crippen LogP contribution in [-0.4, -0.2) is 51.3 Å². The third-order valence-electron chi connectivity index (χ3n) is 2.94. The maximum Gasteiger partial charge on any atom is 0.226 e. The molecule has 0 spiro atoms. The molecule has 80 valence electrons. The molecule has 0 aliphatic carbocycles. The van der Waals surface area contributed by atoms with Crippen molar-refractivity contribution in [3.63, 3.8) is 0 Å². The van der Waals surface area contributed by atoms with Crippen LogP contribution < -0.4 is 16.0 Å². The summed E-state index contributed by atoms with van der Waals surface area (Å²) in [5, 5.41) is 9.30. The van der Waals surface area contributed by atoms with E-state index in [0.717, 1.165) is 26.2 Å². The van der Waals surface area contributed by atoms with Crippen molar-refractivity contribution in [1.82, 2.24) is 16.0 Å². The average molecular weight is 199 g/mol. The van der Waals surface area contributed by atoms with Crippen LogP contribution in [-0.2, 0) is 9.53 Å². The van der Waals surface area contributed by atoms with E-state index in [0.29, 0.717) is 0 Å². The van der Waals surface area contributed by atoms with Gasteiger partial charge in [0, 0.05) is 33.3 Å². The SMILES string of the molecule is CO[C@H]1CNC[C@@H]1NC(=O)C1CNC1. The molecule has 0 bridgehead atoms. The maximum atomic E-state index is 11.6. The number of hydrogen-bond donors (Lipinski definition) is 3. The van der Waals surface area contributed by atoms with Crippen molar-refractivity contribution in [3.8, 4) is 0 Å². The minimum absolute atomic E-state index is 0.118. The number of methoxy groups -OCH3 is 1. The van der Waals surface area contributed by atoms with Crippen LogP contribution >= 0.6 is 0 Å². The van der Waals surface area contributed by atoms with Gasteiger partial charge in [-0.1, -0.05) is 0 Å². The fraction of sp³-hybridized carbons (Fsp3) is 0.889. The molecule has 14 heavy (non-hydrogen) atoms. The Bertz CT molecular complexity index is 218. The highest BCUT2D eigenvalue weighted by Crippen LogP contribution is 2.07. The molecule has 2 heterocycles. The van der Waals surface area contributed by atoms with Crippen molar-refractivity contribution >= 4 is 5.91 Å². The van der Waals surface area contributed by atoms with Crippen LogP contribution in [0.5, 0.6) is 0 Å². The largest absolute Gasteiger partial charge is 0.378 e. The molecule has 3 N–H and O–H groups in total. The Morgan fingerprint density at radius 3 is 2.57 bits per heavy atom. The third kappa shape index (κ3) is 1.89. The number of carbonyl (C=O) groups excluding carboxylic acids is 1. The van der Waals surface area contributed by atoms with E-state index in [2.05, 4.69) is 16.0 Å². The Morgan fingerprint density at radius 2 is 2.00 bits per heavy atom. The molecular weight excluding hydrogens is 182 g/mol. The van der Waals surface area contributed by atoms with E-state index in [9.17, 15) is 4.79 Å². The molecule has 2 rings (SSSR count). The zero-order valence-corrected chi connectivity index (χ0v) is 8.38. The van der Waals surface area contributed by atoms with Gasteiger partial charge in [0.2, 0.25) is 5.91 Å². The number of rotatable bonds is 3. The lowest BCUT2D eigenvalue weighted by Gasteiger charge is -2.28. The van der Waals surface area contributed by atoms with Crippen LogP contribution in [0.3, 0.4) is 0 Å². The Kier molecular flexibility index (Phi) is 3.00. The normalized spacial score (nSPS) is 32.6. The molecule has 0 aromatic carbocycles. The second-order valence-electron chi connectivity index (χ2n) is 3.90. The number of amides is 1. The molecule has 5 heteroatoms. The second-order valence-corrected chi connectivity index (χ2v) is 3.90. The van der Waals surface area contributed by atoms with Crippen LogP contribution in [0.15, 0.2) is 0 Å². The lowest BCUT2D eigenvalue weighted by Crippen LogP contribution is -2.54. The van der Waals surface area contributed by atoms with Crippen LogP contribution in [0, 0.1) is 5.92 Å². The molecule has 0 radical (unpaired) electrons. The van der Waals surface area contributed by atoms with Gasteiger partial charge < -0.3 is 20.7 Å². The van der Waals surface area contributed by atoms with E-state index in [-0.39, 0.29) is 24.0 Å². The Labute approximate surface area is 83.6 Å². The maximum absolute atomic E-state index is 11.6. The first kappa shape index (κ1) is 9.89. The summed E-state index contributed by atoms with van der Waals surface area (Å²) in [5.41, 5.74) is 0.